The summed E-state index contributed by atoms with van der Waals surface area (Å²) in [5.41, 5.74) is 2.00. The third kappa shape index (κ3) is 3.80. The van der Waals surface area contributed by atoms with Gasteiger partial charge in [0.05, 0.1) is 17.2 Å². The molecule has 1 N–H and O–H groups in total. The van der Waals surface area contributed by atoms with E-state index >= 15 is 0 Å². The van der Waals surface area contributed by atoms with Gasteiger partial charge in [0.15, 0.2) is 0 Å². The molecule has 2 rings (SSSR count). The first-order valence-corrected chi connectivity index (χ1v) is 7.21. The topological polar surface area (TPSA) is 21.3 Å². The lowest BCUT2D eigenvalue weighted by molar-refractivity contribution is 0.407. The minimum absolute atomic E-state index is 0.557. The Hall–Kier alpha value is -0.930. The van der Waals surface area contributed by atoms with Gasteiger partial charge >= 0.3 is 0 Å². The molecule has 5 heteroatoms. The molecule has 0 atom stereocenters. The van der Waals surface area contributed by atoms with E-state index in [2.05, 4.69) is 5.32 Å². The molecule has 0 aliphatic rings. The van der Waals surface area contributed by atoms with Crippen molar-refractivity contribution in [1.29, 1.82) is 0 Å². The van der Waals surface area contributed by atoms with Crippen LogP contribution in [0.15, 0.2) is 36.4 Å². The number of benzene rings is 2. The summed E-state index contributed by atoms with van der Waals surface area (Å²) >= 11 is 18.0. The van der Waals surface area contributed by atoms with Crippen LogP contribution in [0.1, 0.15) is 11.1 Å². The van der Waals surface area contributed by atoms with E-state index in [0.29, 0.717) is 28.2 Å². The van der Waals surface area contributed by atoms with E-state index in [1.807, 2.05) is 30.3 Å². The molecule has 0 aromatic heterocycles. The van der Waals surface area contributed by atoms with Crippen molar-refractivity contribution in [1.82, 2.24) is 5.32 Å². The Kier molecular flexibility index (Phi) is 5.55. The number of ether oxygens (including phenoxy) is 1. The van der Waals surface area contributed by atoms with Gasteiger partial charge in [0.2, 0.25) is 0 Å². The zero-order valence-corrected chi connectivity index (χ0v) is 13.2. The third-order valence-electron chi connectivity index (χ3n) is 2.91. The number of methoxy groups -OCH3 is 1. The van der Waals surface area contributed by atoms with Crippen molar-refractivity contribution in [2.45, 2.75) is 13.1 Å². The molecule has 0 heterocycles. The van der Waals surface area contributed by atoms with Crippen LogP contribution in [0.5, 0.6) is 5.75 Å². The van der Waals surface area contributed by atoms with Gasteiger partial charge in [0, 0.05) is 23.7 Å². The first-order chi connectivity index (χ1) is 9.61. The number of halogens is 3. The van der Waals surface area contributed by atoms with Gasteiger partial charge in [-0.1, -0.05) is 46.9 Å². The van der Waals surface area contributed by atoms with Crippen LogP contribution >= 0.6 is 34.8 Å². The molecule has 106 valence electrons. The Bertz CT molecular complexity index is 602. The molecule has 0 spiro atoms. The Morgan fingerprint density at radius 3 is 2.45 bits per heavy atom. The van der Waals surface area contributed by atoms with Gasteiger partial charge in [-0.05, 0) is 29.8 Å². The van der Waals surface area contributed by atoms with Gasteiger partial charge in [-0.15, -0.1) is 0 Å². The van der Waals surface area contributed by atoms with Crippen LogP contribution in [0.2, 0.25) is 15.1 Å². The summed E-state index contributed by atoms with van der Waals surface area (Å²) in [6, 6.07) is 11.2. The summed E-state index contributed by atoms with van der Waals surface area (Å²) in [7, 11) is 1.63. The van der Waals surface area contributed by atoms with E-state index < -0.39 is 0 Å². The van der Waals surface area contributed by atoms with Crippen LogP contribution in [0.4, 0.5) is 0 Å². The molecule has 0 saturated carbocycles. The van der Waals surface area contributed by atoms with Crippen molar-refractivity contribution < 1.29 is 4.74 Å². The molecule has 2 aromatic carbocycles. The highest BCUT2D eigenvalue weighted by Gasteiger charge is 2.07. The van der Waals surface area contributed by atoms with Gasteiger partial charge in [-0.3, -0.25) is 0 Å². The first-order valence-electron chi connectivity index (χ1n) is 6.08. The fourth-order valence-corrected chi connectivity index (χ4v) is 2.44. The number of nitrogens with one attached hydrogen (secondary N) is 1. The summed E-state index contributed by atoms with van der Waals surface area (Å²) in [5, 5.41) is 5.12. The molecule has 0 fully saturated rings. The Morgan fingerprint density at radius 1 is 0.950 bits per heavy atom. The van der Waals surface area contributed by atoms with Gasteiger partial charge in [0.1, 0.15) is 5.75 Å². The van der Waals surface area contributed by atoms with E-state index in [4.69, 9.17) is 39.5 Å². The second kappa shape index (κ2) is 7.19. The SMILES string of the molecule is COc1cccc(Cl)c1CNCc1ccc(Cl)c(Cl)c1. The van der Waals surface area contributed by atoms with Crippen molar-refractivity contribution in [3.05, 3.63) is 62.6 Å². The predicted molar refractivity (Wildman–Crippen MR) is 85.0 cm³/mol. The highest BCUT2D eigenvalue weighted by atomic mass is 35.5. The van der Waals surface area contributed by atoms with Crippen LogP contribution in [-0.2, 0) is 13.1 Å². The number of hydrogen-bond acceptors (Lipinski definition) is 2. The second-order valence-electron chi connectivity index (χ2n) is 4.27. The molecule has 2 nitrogen and oxygen atoms in total. The maximum absolute atomic E-state index is 6.18. The second-order valence-corrected chi connectivity index (χ2v) is 5.49. The molecule has 0 radical (unpaired) electrons. The minimum atomic E-state index is 0.557. The fraction of sp³-hybridized carbons (Fsp3) is 0.200. The summed E-state index contributed by atoms with van der Waals surface area (Å²) in [6.45, 7) is 1.29. The van der Waals surface area contributed by atoms with E-state index in [9.17, 15) is 0 Å². The van der Waals surface area contributed by atoms with Gasteiger partial charge in [-0.2, -0.15) is 0 Å². The van der Waals surface area contributed by atoms with E-state index in [-0.39, 0.29) is 0 Å². The summed E-state index contributed by atoms with van der Waals surface area (Å²) in [6.07, 6.45) is 0. The molecular formula is C15H14Cl3NO. The summed E-state index contributed by atoms with van der Waals surface area (Å²) < 4.78 is 5.30. The molecule has 2 aromatic rings. The van der Waals surface area contributed by atoms with Crippen LogP contribution in [0.25, 0.3) is 0 Å². The van der Waals surface area contributed by atoms with Gasteiger partial charge < -0.3 is 10.1 Å². The fourth-order valence-electron chi connectivity index (χ4n) is 1.88. The van der Waals surface area contributed by atoms with Crippen LogP contribution in [-0.4, -0.2) is 7.11 Å². The highest BCUT2D eigenvalue weighted by molar-refractivity contribution is 6.42. The lowest BCUT2D eigenvalue weighted by Gasteiger charge is -2.11. The third-order valence-corrected chi connectivity index (χ3v) is 4.00. The standard InChI is InChI=1S/C15H14Cl3NO/c1-20-15-4-2-3-12(16)11(15)9-19-8-10-5-6-13(17)14(18)7-10/h2-7,19H,8-9H2,1H3. The van der Waals surface area contributed by atoms with Gasteiger partial charge in [-0.25, -0.2) is 0 Å². The molecule has 0 aliphatic heterocycles. The highest BCUT2D eigenvalue weighted by Crippen LogP contribution is 2.26. The van der Waals surface area contributed by atoms with Crippen molar-refractivity contribution >= 4 is 34.8 Å². The zero-order chi connectivity index (χ0) is 14.5. The minimum Gasteiger partial charge on any atom is -0.496 e. The Morgan fingerprint density at radius 2 is 1.75 bits per heavy atom. The molecule has 0 aliphatic carbocycles. The van der Waals surface area contributed by atoms with Crippen molar-refractivity contribution in [3.8, 4) is 5.75 Å². The molecular weight excluding hydrogens is 317 g/mol. The molecule has 0 bridgehead atoms. The van der Waals surface area contributed by atoms with Crippen molar-refractivity contribution in [2.24, 2.45) is 0 Å². The number of hydrogen-bond donors (Lipinski definition) is 1. The molecule has 20 heavy (non-hydrogen) atoms. The maximum atomic E-state index is 6.18. The lowest BCUT2D eigenvalue weighted by atomic mass is 10.2. The number of rotatable bonds is 5. The maximum Gasteiger partial charge on any atom is 0.124 e. The molecule has 0 amide bonds. The van der Waals surface area contributed by atoms with E-state index in [1.165, 1.54) is 0 Å². The van der Waals surface area contributed by atoms with Crippen LogP contribution in [0.3, 0.4) is 0 Å². The van der Waals surface area contributed by atoms with Crippen molar-refractivity contribution in [3.63, 3.8) is 0 Å². The largest absolute Gasteiger partial charge is 0.496 e. The van der Waals surface area contributed by atoms with Crippen LogP contribution in [0, 0.1) is 0 Å². The lowest BCUT2D eigenvalue weighted by Crippen LogP contribution is -2.13. The monoisotopic (exact) mass is 329 g/mol. The molecule has 0 saturated heterocycles. The van der Waals surface area contributed by atoms with E-state index in [1.54, 1.807) is 13.2 Å². The van der Waals surface area contributed by atoms with E-state index in [0.717, 1.165) is 16.9 Å². The zero-order valence-electron chi connectivity index (χ0n) is 10.9. The van der Waals surface area contributed by atoms with Crippen molar-refractivity contribution in [2.75, 3.05) is 7.11 Å². The summed E-state index contributed by atoms with van der Waals surface area (Å²) in [4.78, 5) is 0. The normalized spacial score (nSPS) is 10.6. The molecule has 0 unspecified atom stereocenters. The Balaban J connectivity index is 2.01. The van der Waals surface area contributed by atoms with Gasteiger partial charge in [0.25, 0.3) is 0 Å². The first kappa shape index (κ1) is 15.5. The Labute approximate surface area is 133 Å². The summed E-state index contributed by atoms with van der Waals surface area (Å²) in [5.74, 6) is 0.777. The average molecular weight is 331 g/mol. The van der Waals surface area contributed by atoms with Crippen LogP contribution < -0.4 is 10.1 Å². The quantitative estimate of drug-likeness (QED) is 0.838. The predicted octanol–water partition coefficient (Wildman–Crippen LogP) is 4.95. The average Bonchev–Trinajstić information content (AvgIpc) is 2.44. The smallest absolute Gasteiger partial charge is 0.124 e.